The molecular weight excluding hydrogens is 547 g/mol. The zero-order valence-corrected chi connectivity index (χ0v) is 21.9. The van der Waals surface area contributed by atoms with Crippen molar-refractivity contribution >= 4 is 50.3 Å². The van der Waals surface area contributed by atoms with E-state index >= 15 is 0 Å². The van der Waals surface area contributed by atoms with Crippen LogP contribution in [0.5, 0.6) is 0 Å². The highest BCUT2D eigenvalue weighted by molar-refractivity contribution is 14.2. The number of sulfone groups is 1. The topological polar surface area (TPSA) is 110 Å². The molecule has 1 amide bonds. The molecule has 0 aromatic carbocycles. The molecule has 2 aliphatic rings. The van der Waals surface area contributed by atoms with E-state index in [9.17, 15) is 13.2 Å². The van der Waals surface area contributed by atoms with Gasteiger partial charge >= 0.3 is 6.09 Å². The number of amides is 1. The average Bonchev–Trinajstić information content (AvgIpc) is 2.71. The van der Waals surface area contributed by atoms with Gasteiger partial charge < -0.3 is 19.7 Å². The van der Waals surface area contributed by atoms with Crippen molar-refractivity contribution in [2.75, 3.05) is 24.7 Å². The summed E-state index contributed by atoms with van der Waals surface area (Å²) in [6.07, 6.45) is 2.30. The summed E-state index contributed by atoms with van der Waals surface area (Å²) in [6, 6.07) is 3.18. The molecule has 0 atom stereocenters. The van der Waals surface area contributed by atoms with Crippen molar-refractivity contribution in [2.45, 2.75) is 57.8 Å². The number of carbonyl (C=O) groups is 1. The van der Waals surface area contributed by atoms with Crippen molar-refractivity contribution < 1.29 is 22.7 Å². The predicted octanol–water partition coefficient (Wildman–Crippen LogP) is 3.61. The monoisotopic (exact) mass is 576 g/mol. The fourth-order valence-electron chi connectivity index (χ4n) is 3.21. The second kappa shape index (κ2) is 10.4. The molecule has 1 aromatic rings. The number of nitrogens with one attached hydrogen (secondary N) is 1. The quantitative estimate of drug-likeness (QED) is 0.516. The lowest BCUT2D eigenvalue weighted by atomic mass is 10.1. The lowest BCUT2D eigenvalue weighted by Gasteiger charge is -2.32. The van der Waals surface area contributed by atoms with Crippen molar-refractivity contribution in [2.24, 2.45) is 4.99 Å². The molecule has 3 rings (SSSR count). The molecule has 32 heavy (non-hydrogen) atoms. The van der Waals surface area contributed by atoms with Gasteiger partial charge in [0.15, 0.2) is 14.9 Å². The van der Waals surface area contributed by atoms with Gasteiger partial charge in [0.05, 0.1) is 27.8 Å². The number of aromatic nitrogens is 1. The minimum Gasteiger partial charge on any atom is -0.447 e. The second-order valence-corrected chi connectivity index (χ2v) is 12.1. The van der Waals surface area contributed by atoms with Gasteiger partial charge in [-0.15, -0.1) is 0 Å². The van der Waals surface area contributed by atoms with E-state index in [0.717, 1.165) is 28.4 Å². The maximum absolute atomic E-state index is 12.1. The van der Waals surface area contributed by atoms with Crippen LogP contribution in [-0.4, -0.2) is 63.9 Å². The number of halogens is 1. The van der Waals surface area contributed by atoms with Crippen LogP contribution in [0.2, 0.25) is 0 Å². The van der Waals surface area contributed by atoms with Crippen LogP contribution in [0.25, 0.3) is 0 Å². The molecule has 1 N–H and O–H groups in total. The number of aryl methyl sites for hydroxylation is 1. The minimum atomic E-state index is -3.36. The number of anilines is 1. The number of rotatable bonds is 6. The molecule has 2 aliphatic heterocycles. The van der Waals surface area contributed by atoms with Gasteiger partial charge in [-0.3, -0.25) is 0 Å². The number of hydrogen-bond donors (Lipinski definition) is 1. The average molecular weight is 576 g/mol. The summed E-state index contributed by atoms with van der Waals surface area (Å²) in [4.78, 5) is 22.5. The normalized spacial score (nSPS) is 17.8. The van der Waals surface area contributed by atoms with E-state index in [1.54, 1.807) is 17.9 Å². The number of aliphatic imine (C=N–C) groups is 1. The van der Waals surface area contributed by atoms with Crippen molar-refractivity contribution in [1.29, 1.82) is 0 Å². The third-order valence-electron chi connectivity index (χ3n) is 4.98. The maximum Gasteiger partial charge on any atom is 0.410 e. The summed E-state index contributed by atoms with van der Waals surface area (Å²) in [6.45, 7) is 8.64. The molecule has 0 bridgehead atoms. The third-order valence-corrected chi connectivity index (χ3v) is 8.15. The number of ether oxygens (including phenoxy) is 2. The Kier molecular flexibility index (Phi) is 8.04. The first-order chi connectivity index (χ1) is 15.0. The Labute approximate surface area is 199 Å². The van der Waals surface area contributed by atoms with Crippen molar-refractivity contribution in [3.8, 4) is 0 Å². The standard InChI is InChI=1S/C21H29IN4O5S/c1-13(2)30-21(27)26-10-8-16(9-11-26)31-19-14(3)20(23-12-22-19)25-17-6-7-18(24-15(17)4)32(5,28)29/h6-7,12-13,16H,8-11H2,1-5H3,(H,23,25). The number of pyridine rings is 1. The van der Waals surface area contributed by atoms with Crippen LogP contribution >= 0.6 is 20.7 Å². The van der Waals surface area contributed by atoms with Crippen LogP contribution in [0.15, 0.2) is 33.5 Å². The van der Waals surface area contributed by atoms with Crippen molar-refractivity contribution in [1.82, 2.24) is 9.88 Å². The number of piperidine rings is 1. The van der Waals surface area contributed by atoms with E-state index in [1.165, 1.54) is 6.07 Å². The summed E-state index contributed by atoms with van der Waals surface area (Å²) in [5, 5.41) is 3.30. The maximum atomic E-state index is 12.1. The fourth-order valence-corrected chi connectivity index (χ4v) is 5.73. The molecule has 1 aromatic heterocycles. The Morgan fingerprint density at radius 3 is 2.53 bits per heavy atom. The van der Waals surface area contributed by atoms with Gasteiger partial charge in [0.1, 0.15) is 9.52 Å². The lowest BCUT2D eigenvalue weighted by Crippen LogP contribution is -2.42. The number of likely N-dealkylation sites (tertiary alicyclic amines) is 1. The molecule has 0 spiro atoms. The molecule has 0 aliphatic carbocycles. The van der Waals surface area contributed by atoms with Gasteiger partial charge in [-0.25, -0.2) is 23.2 Å². The van der Waals surface area contributed by atoms with E-state index in [2.05, 4.69) is 15.3 Å². The Morgan fingerprint density at radius 1 is 1.25 bits per heavy atom. The molecular formula is C21H29IN4O5S. The predicted molar refractivity (Wildman–Crippen MR) is 133 cm³/mol. The molecule has 0 saturated carbocycles. The first kappa shape index (κ1) is 24.8. The zero-order chi connectivity index (χ0) is 23.5. The highest BCUT2D eigenvalue weighted by atomic mass is 127. The van der Waals surface area contributed by atoms with Crippen LogP contribution in [0.1, 0.15) is 39.3 Å². The zero-order valence-electron chi connectivity index (χ0n) is 18.9. The summed E-state index contributed by atoms with van der Waals surface area (Å²) >= 11 is -0.482. The van der Waals surface area contributed by atoms with E-state index < -0.39 is 30.6 Å². The van der Waals surface area contributed by atoms with Gasteiger partial charge in [0, 0.05) is 24.9 Å². The number of nitrogens with zero attached hydrogens (tertiary/aromatic N) is 3. The Morgan fingerprint density at radius 2 is 1.94 bits per heavy atom. The van der Waals surface area contributed by atoms with Crippen LogP contribution in [0, 0.1) is 6.92 Å². The largest absolute Gasteiger partial charge is 0.447 e. The summed E-state index contributed by atoms with van der Waals surface area (Å²) in [5.74, 6) is 0.668. The molecule has 3 heterocycles. The number of carbonyl (C=O) groups excluding carboxylic acids is 1. The first-order valence-electron chi connectivity index (χ1n) is 10.4. The lowest BCUT2D eigenvalue weighted by molar-refractivity contribution is 0.0501. The molecule has 9 nitrogen and oxygen atoms in total. The van der Waals surface area contributed by atoms with Crippen molar-refractivity contribution in [3.63, 3.8) is 0 Å². The third kappa shape index (κ3) is 6.35. The van der Waals surface area contributed by atoms with E-state index in [-0.39, 0.29) is 23.3 Å². The Balaban J connectivity index is 1.63. The fraction of sp³-hybridized carbons (Fsp3) is 0.524. The van der Waals surface area contributed by atoms with Crippen molar-refractivity contribution in [3.05, 3.63) is 29.2 Å². The highest BCUT2D eigenvalue weighted by Crippen LogP contribution is 2.26. The molecule has 0 unspecified atom stereocenters. The van der Waals surface area contributed by atoms with Crippen LogP contribution in [0.4, 0.5) is 10.5 Å². The summed E-state index contributed by atoms with van der Waals surface area (Å²) < 4.78 is 37.9. The molecule has 1 fully saturated rings. The van der Waals surface area contributed by atoms with Gasteiger partial charge in [-0.1, -0.05) is 0 Å². The van der Waals surface area contributed by atoms with Crippen LogP contribution in [-0.2, 0) is 19.3 Å². The first-order valence-corrected chi connectivity index (χ1v) is 14.6. The Hall–Kier alpha value is -1.86. The van der Waals surface area contributed by atoms with Gasteiger partial charge in [-0.05, 0) is 73.4 Å². The SMILES string of the molecule is CC1=C(Nc2ccc(S(C)(=O)=O)nc2C)N=CI=C1OC1CCN(C(=O)OC(C)C)CC1. The van der Waals surface area contributed by atoms with Gasteiger partial charge in [-0.2, -0.15) is 0 Å². The minimum absolute atomic E-state index is 0.0449. The number of hydrogen-bond acceptors (Lipinski definition) is 8. The summed E-state index contributed by atoms with van der Waals surface area (Å²) in [5.41, 5.74) is 2.21. The van der Waals surface area contributed by atoms with E-state index in [0.29, 0.717) is 30.3 Å². The van der Waals surface area contributed by atoms with Crippen LogP contribution in [0.3, 0.4) is 0 Å². The van der Waals surface area contributed by atoms with E-state index in [4.69, 9.17) is 9.47 Å². The highest BCUT2D eigenvalue weighted by Gasteiger charge is 2.26. The molecule has 176 valence electrons. The second-order valence-electron chi connectivity index (χ2n) is 8.00. The molecule has 0 radical (unpaired) electrons. The van der Waals surface area contributed by atoms with Crippen LogP contribution < -0.4 is 5.32 Å². The van der Waals surface area contributed by atoms with Gasteiger partial charge in [0.25, 0.3) is 0 Å². The molecule has 11 heteroatoms. The molecule has 1 saturated heterocycles. The smallest absolute Gasteiger partial charge is 0.410 e. The Bertz CT molecular complexity index is 1070. The summed E-state index contributed by atoms with van der Waals surface area (Å²) in [7, 11) is -3.36. The van der Waals surface area contributed by atoms with E-state index in [1.807, 2.05) is 25.0 Å². The van der Waals surface area contributed by atoms with Gasteiger partial charge in [0.2, 0.25) is 0 Å².